The zero-order valence-corrected chi connectivity index (χ0v) is 31.3. The summed E-state index contributed by atoms with van der Waals surface area (Å²) in [6.07, 6.45) is -4.81. The quantitative estimate of drug-likeness (QED) is 0.158. The van der Waals surface area contributed by atoms with E-state index in [-0.39, 0.29) is 54.2 Å². The van der Waals surface area contributed by atoms with Crippen molar-refractivity contribution in [2.75, 3.05) is 49.7 Å². The van der Waals surface area contributed by atoms with Crippen LogP contribution in [0.5, 0.6) is 5.75 Å². The molecule has 0 radical (unpaired) electrons. The van der Waals surface area contributed by atoms with E-state index in [1.807, 2.05) is 33.0 Å². The van der Waals surface area contributed by atoms with Crippen LogP contribution in [0.15, 0.2) is 66.7 Å². The maximum Gasteiger partial charge on any atom is 0.389 e. The minimum atomic E-state index is -4.48. The normalized spacial score (nSPS) is 19.3. The topological polar surface area (TPSA) is 146 Å². The number of nitrogens with one attached hydrogen (secondary N) is 2. The summed E-state index contributed by atoms with van der Waals surface area (Å²) in [5.74, 6) is -1.47. The van der Waals surface area contributed by atoms with Crippen LogP contribution in [0.2, 0.25) is 0 Å². The number of nitrogens with two attached hydrogens (primary N) is 1. The van der Waals surface area contributed by atoms with Crippen LogP contribution in [0.25, 0.3) is 0 Å². The molecule has 5 N–H and O–H groups in total. The lowest BCUT2D eigenvalue weighted by Crippen LogP contribution is -2.47. The zero-order chi connectivity index (χ0) is 39.4. The molecule has 3 aromatic carbocycles. The minimum absolute atomic E-state index is 0.124. The van der Waals surface area contributed by atoms with E-state index in [1.165, 1.54) is 12.1 Å². The second-order valence-electron chi connectivity index (χ2n) is 14.1. The third kappa shape index (κ3) is 12.7. The number of aliphatic hydroxyl groups excluding tert-OH is 1. The zero-order valence-electron chi connectivity index (χ0n) is 31.3. The van der Waals surface area contributed by atoms with Crippen LogP contribution in [0.3, 0.4) is 0 Å². The molecule has 3 amide bonds. The van der Waals surface area contributed by atoms with E-state index >= 15 is 0 Å². The number of para-hydroxylation sites is 2. The van der Waals surface area contributed by atoms with Gasteiger partial charge in [0.1, 0.15) is 5.75 Å². The number of aliphatic hydroxyl groups is 1. The molecular formula is C40H52F3N5O6. The Morgan fingerprint density at radius 2 is 1.78 bits per heavy atom. The predicted molar refractivity (Wildman–Crippen MR) is 202 cm³/mol. The van der Waals surface area contributed by atoms with E-state index in [1.54, 1.807) is 54.3 Å². The molecule has 1 heterocycles. The molecule has 294 valence electrons. The van der Waals surface area contributed by atoms with Gasteiger partial charge in [0.05, 0.1) is 48.2 Å². The lowest BCUT2D eigenvalue weighted by Gasteiger charge is -2.36. The number of halogens is 3. The van der Waals surface area contributed by atoms with Crippen molar-refractivity contribution in [1.29, 1.82) is 0 Å². The van der Waals surface area contributed by atoms with Crippen molar-refractivity contribution >= 4 is 34.8 Å². The average molecular weight is 756 g/mol. The number of hydrogen-bond acceptors (Lipinski definition) is 8. The summed E-state index contributed by atoms with van der Waals surface area (Å²) < 4.78 is 50.8. The van der Waals surface area contributed by atoms with E-state index in [0.717, 1.165) is 18.4 Å². The van der Waals surface area contributed by atoms with Gasteiger partial charge in [-0.15, -0.1) is 0 Å². The summed E-state index contributed by atoms with van der Waals surface area (Å²) in [5.41, 5.74) is 8.75. The first kappa shape index (κ1) is 42.1. The van der Waals surface area contributed by atoms with Gasteiger partial charge in [0.15, 0.2) is 0 Å². The highest BCUT2D eigenvalue weighted by Crippen LogP contribution is 2.29. The Hall–Kier alpha value is -4.66. The lowest BCUT2D eigenvalue weighted by atomic mass is 10.0. The Morgan fingerprint density at radius 3 is 2.46 bits per heavy atom. The number of rotatable bonds is 11. The Kier molecular flexibility index (Phi) is 15.3. The van der Waals surface area contributed by atoms with Gasteiger partial charge in [-0.25, -0.2) is 0 Å². The molecule has 1 aliphatic rings. The maximum atomic E-state index is 14.3. The molecule has 0 fully saturated rings. The Bertz CT molecular complexity index is 1710. The average Bonchev–Trinajstić information content (AvgIpc) is 3.12. The summed E-state index contributed by atoms with van der Waals surface area (Å²) in [5, 5.41) is 15.5. The van der Waals surface area contributed by atoms with E-state index in [9.17, 15) is 32.7 Å². The monoisotopic (exact) mass is 755 g/mol. The van der Waals surface area contributed by atoms with E-state index in [0.29, 0.717) is 43.1 Å². The van der Waals surface area contributed by atoms with Crippen LogP contribution in [0.4, 0.5) is 30.2 Å². The fraction of sp³-hybridized carbons (Fsp3) is 0.475. The van der Waals surface area contributed by atoms with Gasteiger partial charge >= 0.3 is 6.18 Å². The van der Waals surface area contributed by atoms with Crippen molar-refractivity contribution in [3.8, 4) is 5.75 Å². The summed E-state index contributed by atoms with van der Waals surface area (Å²) in [6.45, 7) is 7.08. The van der Waals surface area contributed by atoms with Crippen LogP contribution in [0.1, 0.15) is 79.2 Å². The molecule has 14 heteroatoms. The molecule has 0 saturated carbocycles. The second kappa shape index (κ2) is 19.6. The van der Waals surface area contributed by atoms with Crippen LogP contribution < -0.4 is 21.1 Å². The lowest BCUT2D eigenvalue weighted by molar-refractivity contribution is -0.142. The van der Waals surface area contributed by atoms with Crippen molar-refractivity contribution in [3.05, 3.63) is 83.4 Å². The van der Waals surface area contributed by atoms with Gasteiger partial charge in [-0.2, -0.15) is 13.2 Å². The summed E-state index contributed by atoms with van der Waals surface area (Å²) in [4.78, 5) is 43.1. The van der Waals surface area contributed by atoms with Gasteiger partial charge in [0.2, 0.25) is 5.91 Å². The number of carbonyl (C=O) groups is 3. The molecule has 0 bridgehead atoms. The van der Waals surface area contributed by atoms with Crippen molar-refractivity contribution in [2.45, 2.75) is 83.8 Å². The fourth-order valence-corrected chi connectivity index (χ4v) is 6.19. The van der Waals surface area contributed by atoms with Crippen molar-refractivity contribution in [1.82, 2.24) is 9.80 Å². The minimum Gasteiger partial charge on any atom is -0.490 e. The number of anilines is 3. The predicted octanol–water partition coefficient (Wildman–Crippen LogP) is 6.73. The van der Waals surface area contributed by atoms with E-state index < -0.39 is 36.9 Å². The molecule has 0 saturated heterocycles. The molecule has 0 unspecified atom stereocenters. The molecule has 4 rings (SSSR count). The van der Waals surface area contributed by atoms with Crippen LogP contribution in [-0.2, 0) is 16.1 Å². The molecule has 54 heavy (non-hydrogen) atoms. The van der Waals surface area contributed by atoms with Crippen molar-refractivity contribution in [2.24, 2.45) is 5.92 Å². The first-order chi connectivity index (χ1) is 25.6. The number of ether oxygens (including phenoxy) is 2. The van der Waals surface area contributed by atoms with Gasteiger partial charge in [-0.05, 0) is 88.2 Å². The number of hydrogen-bond donors (Lipinski definition) is 4. The Labute approximate surface area is 315 Å². The van der Waals surface area contributed by atoms with Gasteiger partial charge in [0.25, 0.3) is 11.8 Å². The molecule has 4 atom stereocenters. The molecule has 3 aromatic rings. The SMILES string of the molecule is C[C@@H]1CCCCO[C@@H](CN(C)Cc2ccc(C(=O)Nc3ccccc3N)cc2)[C@@H](C)CN([C@H](C)CO)C(=O)c2cc(NC(=O)CCC(F)(F)F)ccc2O1. The van der Waals surface area contributed by atoms with Crippen LogP contribution in [0, 0.1) is 5.92 Å². The Balaban J connectivity index is 1.50. The number of fused-ring (bicyclic) bond motifs is 1. The maximum absolute atomic E-state index is 14.3. The number of nitrogen functional groups attached to an aromatic ring is 1. The van der Waals surface area contributed by atoms with E-state index in [4.69, 9.17) is 15.2 Å². The third-order valence-corrected chi connectivity index (χ3v) is 9.34. The largest absolute Gasteiger partial charge is 0.490 e. The molecular weight excluding hydrogens is 703 g/mol. The van der Waals surface area contributed by atoms with Crippen LogP contribution in [-0.4, -0.2) is 90.4 Å². The van der Waals surface area contributed by atoms with Crippen LogP contribution >= 0.6 is 0 Å². The summed E-state index contributed by atoms with van der Waals surface area (Å²) in [6, 6.07) is 18.2. The van der Waals surface area contributed by atoms with Gasteiger partial charge in [-0.1, -0.05) is 31.2 Å². The summed E-state index contributed by atoms with van der Waals surface area (Å²) >= 11 is 0. The van der Waals surface area contributed by atoms with Gasteiger partial charge < -0.3 is 35.8 Å². The molecule has 0 spiro atoms. The van der Waals surface area contributed by atoms with Crippen molar-refractivity contribution in [3.63, 3.8) is 0 Å². The number of alkyl halides is 3. The number of nitrogens with zero attached hydrogens (tertiary/aromatic N) is 2. The fourth-order valence-electron chi connectivity index (χ4n) is 6.19. The molecule has 0 aromatic heterocycles. The standard InChI is InChI=1S/C40H52F3N5O6/c1-26-22-48(27(2)25-49)39(52)32-21-31(45-37(50)18-19-40(41,42)43)16-17-35(32)54-28(3)9-7-8-20-53-36(26)24-47(4)23-29-12-14-30(15-13-29)38(51)46-34-11-6-5-10-33(34)44/h5-6,10-17,21,26-28,36,49H,7-9,18-20,22-25,44H2,1-4H3,(H,45,50)(H,46,51)/t26-,27+,28+,36-/m0/s1. The highest BCUT2D eigenvalue weighted by atomic mass is 19.4. The third-order valence-electron chi connectivity index (χ3n) is 9.34. The number of benzene rings is 3. The number of amides is 3. The van der Waals surface area contributed by atoms with Crippen molar-refractivity contribution < 1.29 is 42.1 Å². The Morgan fingerprint density at radius 1 is 1.06 bits per heavy atom. The molecule has 1 aliphatic heterocycles. The van der Waals surface area contributed by atoms with E-state index in [2.05, 4.69) is 15.5 Å². The highest BCUT2D eigenvalue weighted by molar-refractivity contribution is 6.05. The number of likely N-dealkylation sites (N-methyl/N-ethyl adjacent to an activating group) is 1. The summed E-state index contributed by atoms with van der Waals surface area (Å²) in [7, 11) is 1.97. The number of carbonyl (C=O) groups excluding carboxylic acids is 3. The smallest absolute Gasteiger partial charge is 0.389 e. The highest BCUT2D eigenvalue weighted by Gasteiger charge is 2.31. The first-order valence-electron chi connectivity index (χ1n) is 18.3. The first-order valence-corrected chi connectivity index (χ1v) is 18.3. The molecule has 0 aliphatic carbocycles. The second-order valence-corrected chi connectivity index (χ2v) is 14.1. The molecule has 11 nitrogen and oxygen atoms in total. The van der Waals surface area contributed by atoms with Gasteiger partial charge in [0, 0.05) is 49.8 Å². The van der Waals surface area contributed by atoms with Gasteiger partial charge in [-0.3, -0.25) is 19.3 Å².